The smallest absolute Gasteiger partial charge is 0.333 e. The molecule has 0 unspecified atom stereocenters. The first-order chi connectivity index (χ1) is 14.8. The number of nitrogens with zero attached hydrogens (tertiary/aromatic N) is 3. The molecule has 2 aromatic rings. The van der Waals surface area contributed by atoms with Crippen molar-refractivity contribution < 1.29 is 9.53 Å². The number of nitrogen functional groups attached to an aromatic ring is 1. The monoisotopic (exact) mass is 429 g/mol. The van der Waals surface area contributed by atoms with E-state index in [9.17, 15) is 14.4 Å². The molecule has 2 heterocycles. The van der Waals surface area contributed by atoms with E-state index in [1.807, 2.05) is 30.9 Å². The summed E-state index contributed by atoms with van der Waals surface area (Å²) < 4.78 is 7.39. The van der Waals surface area contributed by atoms with Crippen LogP contribution in [0.4, 0.5) is 17.2 Å². The van der Waals surface area contributed by atoms with Crippen molar-refractivity contribution in [3.05, 3.63) is 50.2 Å². The fraction of sp³-hybridized carbons (Fsp3) is 0.500. The van der Waals surface area contributed by atoms with Crippen molar-refractivity contribution in [2.45, 2.75) is 46.2 Å². The number of aromatic nitrogens is 2. The molecule has 3 rings (SSSR count). The van der Waals surface area contributed by atoms with Gasteiger partial charge in [0.25, 0.3) is 5.56 Å². The van der Waals surface area contributed by atoms with Gasteiger partial charge in [-0.05, 0) is 50.3 Å². The largest absolute Gasteiger partial charge is 0.383 e. The highest BCUT2D eigenvalue weighted by molar-refractivity contribution is 5.91. The van der Waals surface area contributed by atoms with E-state index in [0.717, 1.165) is 35.0 Å². The Bertz CT molecular complexity index is 1070. The Hall–Kier alpha value is -3.07. The fourth-order valence-corrected chi connectivity index (χ4v) is 3.87. The van der Waals surface area contributed by atoms with Crippen molar-refractivity contribution in [1.29, 1.82) is 0 Å². The lowest BCUT2D eigenvalue weighted by Crippen LogP contribution is -2.47. The van der Waals surface area contributed by atoms with Gasteiger partial charge in [-0.1, -0.05) is 12.1 Å². The Morgan fingerprint density at radius 1 is 1.13 bits per heavy atom. The van der Waals surface area contributed by atoms with Crippen molar-refractivity contribution in [2.75, 3.05) is 42.8 Å². The van der Waals surface area contributed by atoms with Crippen LogP contribution in [0.15, 0.2) is 27.8 Å². The van der Waals surface area contributed by atoms with Gasteiger partial charge in [-0.15, -0.1) is 0 Å². The number of hydrogen-bond donors (Lipinski definition) is 2. The summed E-state index contributed by atoms with van der Waals surface area (Å²) in [6.07, 6.45) is 2.98. The van der Waals surface area contributed by atoms with Crippen LogP contribution in [0.25, 0.3) is 0 Å². The summed E-state index contributed by atoms with van der Waals surface area (Å²) in [4.78, 5) is 41.0. The third-order valence-corrected chi connectivity index (χ3v) is 5.81. The quantitative estimate of drug-likeness (QED) is 0.690. The number of benzene rings is 1. The molecular formula is C22H31N5O4. The van der Waals surface area contributed by atoms with Crippen molar-refractivity contribution in [3.63, 3.8) is 0 Å². The van der Waals surface area contributed by atoms with E-state index in [1.165, 1.54) is 11.7 Å². The minimum absolute atomic E-state index is 0.125. The molecule has 1 aromatic heterocycles. The molecule has 1 aliphatic rings. The molecule has 0 bridgehead atoms. The maximum Gasteiger partial charge on any atom is 0.333 e. The number of amides is 1. The van der Waals surface area contributed by atoms with Gasteiger partial charge in [0.1, 0.15) is 18.1 Å². The molecule has 0 aliphatic carbocycles. The molecule has 0 atom stereocenters. The summed E-state index contributed by atoms with van der Waals surface area (Å²) in [5.74, 6) is -0.319. The summed E-state index contributed by atoms with van der Waals surface area (Å²) in [6.45, 7) is 5.31. The number of nitrogens with two attached hydrogens (primary N) is 1. The van der Waals surface area contributed by atoms with Crippen LogP contribution in [-0.4, -0.2) is 41.8 Å². The average molecular weight is 430 g/mol. The van der Waals surface area contributed by atoms with E-state index >= 15 is 0 Å². The molecule has 0 radical (unpaired) electrons. The Balaban J connectivity index is 1.99. The molecule has 1 saturated heterocycles. The standard InChI is InChI=1S/C22H31N5O4/c1-15-8-7-9-17(16(15)2)24-18(28)14-27-21(29)19(25-10-5-4-6-11-25)20(23)26(22(27)30)12-13-31-3/h7-9H,4-6,10-14,23H2,1-3H3,(H,24,28). The topological polar surface area (TPSA) is 112 Å². The SMILES string of the molecule is COCCn1c(N)c(N2CCCCC2)c(=O)n(CC(=O)Nc2cccc(C)c2C)c1=O. The first-order valence-corrected chi connectivity index (χ1v) is 10.6. The molecule has 9 nitrogen and oxygen atoms in total. The van der Waals surface area contributed by atoms with Gasteiger partial charge in [-0.25, -0.2) is 9.36 Å². The molecule has 3 N–H and O–H groups in total. The summed E-state index contributed by atoms with van der Waals surface area (Å²) in [5, 5.41) is 2.81. The average Bonchev–Trinajstić information content (AvgIpc) is 2.75. The first kappa shape index (κ1) is 22.6. The third kappa shape index (κ3) is 4.82. The van der Waals surface area contributed by atoms with Gasteiger partial charge in [-0.3, -0.25) is 14.2 Å². The molecule has 0 saturated carbocycles. The Kier molecular flexibility index (Phi) is 7.17. The maximum atomic E-state index is 13.3. The lowest BCUT2D eigenvalue weighted by atomic mass is 10.1. The van der Waals surface area contributed by atoms with Crippen LogP contribution in [0, 0.1) is 13.8 Å². The van der Waals surface area contributed by atoms with Crippen LogP contribution >= 0.6 is 0 Å². The van der Waals surface area contributed by atoms with E-state index in [1.54, 1.807) is 6.07 Å². The van der Waals surface area contributed by atoms with Crippen molar-refractivity contribution in [1.82, 2.24) is 9.13 Å². The van der Waals surface area contributed by atoms with Crippen molar-refractivity contribution in [3.8, 4) is 0 Å². The van der Waals surface area contributed by atoms with E-state index in [2.05, 4.69) is 5.32 Å². The molecule has 168 valence electrons. The van der Waals surface area contributed by atoms with Gasteiger partial charge < -0.3 is 20.7 Å². The number of carbonyl (C=O) groups is 1. The summed E-state index contributed by atoms with van der Waals surface area (Å²) in [7, 11) is 1.53. The molecule has 1 aromatic carbocycles. The van der Waals surface area contributed by atoms with E-state index in [0.29, 0.717) is 18.8 Å². The molecular weight excluding hydrogens is 398 g/mol. The number of hydrogen-bond acceptors (Lipinski definition) is 6. The minimum atomic E-state index is -0.614. The Morgan fingerprint density at radius 3 is 2.52 bits per heavy atom. The molecule has 31 heavy (non-hydrogen) atoms. The zero-order valence-corrected chi connectivity index (χ0v) is 18.4. The van der Waals surface area contributed by atoms with Gasteiger partial charge in [0.2, 0.25) is 5.91 Å². The van der Waals surface area contributed by atoms with Gasteiger partial charge in [0, 0.05) is 25.9 Å². The predicted molar refractivity (Wildman–Crippen MR) is 122 cm³/mol. The van der Waals surface area contributed by atoms with Gasteiger partial charge in [-0.2, -0.15) is 0 Å². The third-order valence-electron chi connectivity index (χ3n) is 5.81. The molecule has 0 spiro atoms. The highest BCUT2D eigenvalue weighted by Gasteiger charge is 2.24. The number of carbonyl (C=O) groups excluding carboxylic acids is 1. The van der Waals surface area contributed by atoms with Crippen LogP contribution < -0.4 is 27.2 Å². The first-order valence-electron chi connectivity index (χ1n) is 10.6. The second kappa shape index (κ2) is 9.82. The highest BCUT2D eigenvalue weighted by Crippen LogP contribution is 2.22. The second-order valence-electron chi connectivity index (χ2n) is 7.90. The van der Waals surface area contributed by atoms with Crippen LogP contribution in [0.2, 0.25) is 0 Å². The van der Waals surface area contributed by atoms with E-state index in [-0.39, 0.29) is 31.2 Å². The summed E-state index contributed by atoms with van der Waals surface area (Å²) in [5.41, 5.74) is 8.04. The second-order valence-corrected chi connectivity index (χ2v) is 7.90. The normalized spacial score (nSPS) is 14.0. The van der Waals surface area contributed by atoms with E-state index < -0.39 is 17.2 Å². The van der Waals surface area contributed by atoms with Crippen molar-refractivity contribution >= 4 is 23.1 Å². The van der Waals surface area contributed by atoms with Crippen LogP contribution in [0.3, 0.4) is 0 Å². The summed E-state index contributed by atoms with van der Waals surface area (Å²) in [6, 6.07) is 5.59. The number of aryl methyl sites for hydroxylation is 1. The highest BCUT2D eigenvalue weighted by atomic mass is 16.5. The van der Waals surface area contributed by atoms with Crippen LogP contribution in [0.5, 0.6) is 0 Å². The molecule has 9 heteroatoms. The zero-order chi connectivity index (χ0) is 22.5. The number of methoxy groups -OCH3 is 1. The number of rotatable bonds is 7. The predicted octanol–water partition coefficient (Wildman–Crippen LogP) is 1.48. The number of ether oxygens (including phenoxy) is 1. The lowest BCUT2D eigenvalue weighted by Gasteiger charge is -2.30. The van der Waals surface area contributed by atoms with Gasteiger partial charge >= 0.3 is 5.69 Å². The zero-order valence-electron chi connectivity index (χ0n) is 18.4. The van der Waals surface area contributed by atoms with Crippen LogP contribution in [0.1, 0.15) is 30.4 Å². The van der Waals surface area contributed by atoms with Crippen LogP contribution in [-0.2, 0) is 22.6 Å². The minimum Gasteiger partial charge on any atom is -0.383 e. The molecule has 1 fully saturated rings. The van der Waals surface area contributed by atoms with Gasteiger partial charge in [0.05, 0.1) is 13.2 Å². The molecule has 1 amide bonds. The molecule has 1 aliphatic heterocycles. The van der Waals surface area contributed by atoms with Crippen molar-refractivity contribution in [2.24, 2.45) is 0 Å². The fourth-order valence-electron chi connectivity index (χ4n) is 3.87. The number of piperidine rings is 1. The number of nitrogens with one attached hydrogen (secondary N) is 1. The summed E-state index contributed by atoms with van der Waals surface area (Å²) >= 11 is 0. The maximum absolute atomic E-state index is 13.3. The Morgan fingerprint density at radius 2 is 1.84 bits per heavy atom. The lowest BCUT2D eigenvalue weighted by molar-refractivity contribution is -0.116. The van der Waals surface area contributed by atoms with E-state index in [4.69, 9.17) is 10.5 Å². The Labute approximate surface area is 181 Å². The number of anilines is 3. The van der Waals surface area contributed by atoms with Gasteiger partial charge in [0.15, 0.2) is 0 Å².